The lowest BCUT2D eigenvalue weighted by Gasteiger charge is -1.93. The largest absolute Gasteiger partial charge is 0.469 e. The topological polar surface area (TPSA) is 70.1 Å². The van der Waals surface area contributed by atoms with Gasteiger partial charge >= 0.3 is 5.97 Å². The molecule has 106 valence electrons. The summed E-state index contributed by atoms with van der Waals surface area (Å²) in [4.78, 5) is 9.59. The van der Waals surface area contributed by atoms with Crippen molar-refractivity contribution in [3.05, 3.63) is 23.9 Å². The number of anilines is 1. The molecule has 1 aromatic carbocycles. The Kier molecular flexibility index (Phi) is 7.26. The van der Waals surface area contributed by atoms with Crippen LogP contribution < -0.4 is 5.73 Å². The SMILES string of the molecule is CC.COC(C)=O.Cc1c2cc(N)ccc2nn1C. The Bertz CT molecular complexity index is 533. The summed E-state index contributed by atoms with van der Waals surface area (Å²) in [5.41, 5.74) is 8.61. The number of nitrogens with two attached hydrogens (primary N) is 1. The smallest absolute Gasteiger partial charge is 0.302 e. The number of aryl methyl sites for hydroxylation is 2. The molecular weight excluding hydrogens is 242 g/mol. The van der Waals surface area contributed by atoms with E-state index in [0.29, 0.717) is 0 Å². The van der Waals surface area contributed by atoms with Crippen LogP contribution in [0.4, 0.5) is 5.69 Å². The first-order valence-corrected chi connectivity index (χ1v) is 6.19. The fraction of sp³-hybridized carbons (Fsp3) is 0.429. The van der Waals surface area contributed by atoms with Crippen molar-refractivity contribution in [2.75, 3.05) is 12.8 Å². The number of fused-ring (bicyclic) bond motifs is 1. The molecule has 2 rings (SSSR count). The molecule has 5 heteroatoms. The van der Waals surface area contributed by atoms with Gasteiger partial charge in [-0.1, -0.05) is 13.8 Å². The molecule has 0 saturated heterocycles. The van der Waals surface area contributed by atoms with Crippen molar-refractivity contribution < 1.29 is 9.53 Å². The predicted octanol–water partition coefficient (Wildman–Crippen LogP) is 2.67. The van der Waals surface area contributed by atoms with Crippen molar-refractivity contribution in [3.8, 4) is 0 Å². The zero-order valence-electron chi connectivity index (χ0n) is 12.5. The summed E-state index contributed by atoms with van der Waals surface area (Å²) < 4.78 is 5.98. The highest BCUT2D eigenvalue weighted by Gasteiger charge is 2.03. The Hall–Kier alpha value is -2.04. The molecular formula is C14H23N3O2. The number of carbonyl (C=O) groups is 1. The highest BCUT2D eigenvalue weighted by Crippen LogP contribution is 2.19. The molecule has 0 aliphatic rings. The van der Waals surface area contributed by atoms with Gasteiger partial charge in [0.1, 0.15) is 0 Å². The second kappa shape index (κ2) is 8.13. The number of aromatic nitrogens is 2. The number of ether oxygens (including phenoxy) is 1. The third-order valence-electron chi connectivity index (χ3n) is 2.44. The molecule has 1 heterocycles. The van der Waals surface area contributed by atoms with Gasteiger partial charge in [0, 0.05) is 30.7 Å². The van der Waals surface area contributed by atoms with E-state index in [1.54, 1.807) is 0 Å². The summed E-state index contributed by atoms with van der Waals surface area (Å²) in [6, 6.07) is 5.77. The maximum atomic E-state index is 9.59. The molecule has 0 spiro atoms. The second-order valence-electron chi connectivity index (χ2n) is 3.68. The van der Waals surface area contributed by atoms with Gasteiger partial charge in [0.15, 0.2) is 0 Å². The van der Waals surface area contributed by atoms with Gasteiger partial charge in [-0.3, -0.25) is 9.48 Å². The number of esters is 1. The molecule has 0 saturated carbocycles. The van der Waals surface area contributed by atoms with Crippen molar-refractivity contribution in [3.63, 3.8) is 0 Å². The lowest BCUT2D eigenvalue weighted by atomic mass is 10.2. The maximum Gasteiger partial charge on any atom is 0.302 e. The molecule has 5 nitrogen and oxygen atoms in total. The fourth-order valence-corrected chi connectivity index (χ4v) is 1.34. The van der Waals surface area contributed by atoms with Crippen LogP contribution in [0, 0.1) is 6.92 Å². The summed E-state index contributed by atoms with van der Waals surface area (Å²) in [6.45, 7) is 7.40. The minimum absolute atomic E-state index is 0.245. The van der Waals surface area contributed by atoms with E-state index < -0.39 is 0 Å². The third-order valence-corrected chi connectivity index (χ3v) is 2.44. The van der Waals surface area contributed by atoms with Gasteiger partial charge < -0.3 is 10.5 Å². The van der Waals surface area contributed by atoms with E-state index in [0.717, 1.165) is 22.3 Å². The number of rotatable bonds is 0. The predicted molar refractivity (Wildman–Crippen MR) is 78.9 cm³/mol. The lowest BCUT2D eigenvalue weighted by Crippen LogP contribution is -1.91. The van der Waals surface area contributed by atoms with E-state index in [4.69, 9.17) is 5.73 Å². The maximum absolute atomic E-state index is 9.59. The third kappa shape index (κ3) is 4.99. The minimum atomic E-state index is -0.245. The van der Waals surface area contributed by atoms with Gasteiger partial charge in [0.25, 0.3) is 0 Å². The number of nitrogens with zero attached hydrogens (tertiary/aromatic N) is 2. The Labute approximate surface area is 114 Å². The normalized spacial score (nSPS) is 8.95. The summed E-state index contributed by atoms with van der Waals surface area (Å²) in [5.74, 6) is -0.245. The molecule has 19 heavy (non-hydrogen) atoms. The fourth-order valence-electron chi connectivity index (χ4n) is 1.34. The molecule has 2 aromatic rings. The summed E-state index contributed by atoms with van der Waals surface area (Å²) in [5, 5.41) is 5.45. The monoisotopic (exact) mass is 265 g/mol. The van der Waals surface area contributed by atoms with Crippen LogP contribution in [-0.2, 0) is 16.6 Å². The van der Waals surface area contributed by atoms with Crippen molar-refractivity contribution >= 4 is 22.6 Å². The molecule has 1 aromatic heterocycles. The summed E-state index contributed by atoms with van der Waals surface area (Å²) in [6.07, 6.45) is 0. The molecule has 0 radical (unpaired) electrons. The van der Waals surface area contributed by atoms with Crippen molar-refractivity contribution in [1.82, 2.24) is 9.78 Å². The van der Waals surface area contributed by atoms with Crippen molar-refractivity contribution in [2.45, 2.75) is 27.7 Å². The van der Waals surface area contributed by atoms with E-state index in [-0.39, 0.29) is 5.97 Å². The second-order valence-corrected chi connectivity index (χ2v) is 3.68. The first-order valence-electron chi connectivity index (χ1n) is 6.19. The average molecular weight is 265 g/mol. The van der Waals surface area contributed by atoms with Crippen LogP contribution in [0.25, 0.3) is 10.9 Å². The first kappa shape index (κ1) is 17.0. The van der Waals surface area contributed by atoms with Gasteiger partial charge in [-0.05, 0) is 25.1 Å². The van der Waals surface area contributed by atoms with Gasteiger partial charge in [-0.15, -0.1) is 0 Å². The van der Waals surface area contributed by atoms with E-state index in [2.05, 4.69) is 9.84 Å². The van der Waals surface area contributed by atoms with Crippen molar-refractivity contribution in [1.29, 1.82) is 0 Å². The van der Waals surface area contributed by atoms with Crippen LogP contribution >= 0.6 is 0 Å². The van der Waals surface area contributed by atoms with E-state index in [1.165, 1.54) is 14.0 Å². The standard InChI is InChI=1S/C9H11N3.C3H6O2.C2H6/c1-6-8-5-7(10)3-4-9(8)11-12(6)2;1-3(4)5-2;1-2/h3-5H,10H2,1-2H3;1-2H3;1-2H3. The number of benzene rings is 1. The highest BCUT2D eigenvalue weighted by molar-refractivity contribution is 5.84. The zero-order valence-corrected chi connectivity index (χ0v) is 12.5. The van der Waals surface area contributed by atoms with Crippen LogP contribution in [0.2, 0.25) is 0 Å². The summed E-state index contributed by atoms with van der Waals surface area (Å²) >= 11 is 0. The average Bonchev–Trinajstić information content (AvgIpc) is 2.69. The van der Waals surface area contributed by atoms with E-state index >= 15 is 0 Å². The van der Waals surface area contributed by atoms with Gasteiger partial charge in [0.05, 0.1) is 12.6 Å². The van der Waals surface area contributed by atoms with Crippen LogP contribution in [0.15, 0.2) is 18.2 Å². The van der Waals surface area contributed by atoms with Crippen LogP contribution in [0.5, 0.6) is 0 Å². The molecule has 0 fully saturated rings. The molecule has 0 atom stereocenters. The molecule has 0 aliphatic heterocycles. The minimum Gasteiger partial charge on any atom is -0.469 e. The number of hydrogen-bond acceptors (Lipinski definition) is 4. The molecule has 2 N–H and O–H groups in total. The highest BCUT2D eigenvalue weighted by atomic mass is 16.5. The Balaban J connectivity index is 0.000000396. The summed E-state index contributed by atoms with van der Waals surface area (Å²) in [7, 11) is 3.29. The van der Waals surface area contributed by atoms with Crippen molar-refractivity contribution in [2.24, 2.45) is 7.05 Å². The van der Waals surface area contributed by atoms with E-state index in [9.17, 15) is 4.79 Å². The lowest BCUT2D eigenvalue weighted by molar-refractivity contribution is -0.137. The number of methoxy groups -OCH3 is 1. The first-order chi connectivity index (χ1) is 8.95. The Morgan fingerprint density at radius 3 is 2.37 bits per heavy atom. The molecule has 0 amide bonds. The molecule has 0 bridgehead atoms. The molecule has 0 aliphatic carbocycles. The van der Waals surface area contributed by atoms with Gasteiger partial charge in [-0.25, -0.2) is 0 Å². The van der Waals surface area contributed by atoms with Crippen LogP contribution in [0.1, 0.15) is 26.5 Å². The van der Waals surface area contributed by atoms with Gasteiger partial charge in [0.2, 0.25) is 0 Å². The zero-order chi connectivity index (χ0) is 15.0. The Morgan fingerprint density at radius 2 is 1.89 bits per heavy atom. The van der Waals surface area contributed by atoms with Crippen LogP contribution in [0.3, 0.4) is 0 Å². The Morgan fingerprint density at radius 1 is 1.37 bits per heavy atom. The van der Waals surface area contributed by atoms with Crippen LogP contribution in [-0.4, -0.2) is 22.9 Å². The number of hydrogen-bond donors (Lipinski definition) is 1. The number of nitrogen functional groups attached to an aromatic ring is 1. The number of carbonyl (C=O) groups excluding carboxylic acids is 1. The van der Waals surface area contributed by atoms with E-state index in [1.807, 2.05) is 50.7 Å². The quantitative estimate of drug-likeness (QED) is 0.587. The molecule has 0 unspecified atom stereocenters. The van der Waals surface area contributed by atoms with Gasteiger partial charge in [-0.2, -0.15) is 5.10 Å².